The van der Waals surface area contributed by atoms with Crippen LogP contribution in [0.25, 0.3) is 0 Å². The van der Waals surface area contributed by atoms with Gasteiger partial charge in [-0.05, 0) is 6.42 Å². The molecule has 0 amide bonds. The first-order chi connectivity index (χ1) is 15.1. The minimum atomic E-state index is -1.20. The van der Waals surface area contributed by atoms with Gasteiger partial charge in [-0.1, -0.05) is 39.0 Å². The summed E-state index contributed by atoms with van der Waals surface area (Å²) < 4.78 is 32.8. The molecule has 1 saturated heterocycles. The molecule has 0 spiro atoms. The molecule has 0 radical (unpaired) electrons. The molecule has 0 aromatic rings. The molecular formula is C22H36O10. The Bertz CT molecular complexity index is 620. The Morgan fingerprint density at radius 3 is 1.78 bits per heavy atom. The van der Waals surface area contributed by atoms with E-state index in [0.717, 1.165) is 32.1 Å². The summed E-state index contributed by atoms with van der Waals surface area (Å²) in [6.07, 6.45) is 0.641. The van der Waals surface area contributed by atoms with Crippen LogP contribution < -0.4 is 0 Å². The van der Waals surface area contributed by atoms with Crippen molar-refractivity contribution >= 4 is 23.9 Å². The normalized spacial score (nSPS) is 25.0. The van der Waals surface area contributed by atoms with Crippen LogP contribution in [0.2, 0.25) is 0 Å². The molecule has 1 aliphatic rings. The Balaban J connectivity index is 3.01. The number of esters is 4. The molecule has 1 rings (SSSR count). The van der Waals surface area contributed by atoms with E-state index in [1.54, 1.807) is 0 Å². The second kappa shape index (κ2) is 14.8. The SMILES string of the molecule is CCCCCCCCO[C@@H]1O[C@H](COC(C)=O)[C@@H](OC(C)=O)[C@H](OC(C)=O)[C@@H]1OC(C)=O. The molecule has 10 heteroatoms. The van der Waals surface area contributed by atoms with Crippen molar-refractivity contribution < 1.29 is 47.6 Å². The molecule has 10 nitrogen and oxygen atoms in total. The average Bonchev–Trinajstić information content (AvgIpc) is 2.68. The summed E-state index contributed by atoms with van der Waals surface area (Å²) >= 11 is 0. The lowest BCUT2D eigenvalue weighted by molar-refractivity contribution is -0.308. The van der Waals surface area contributed by atoms with Gasteiger partial charge in [0.15, 0.2) is 24.6 Å². The fraction of sp³-hybridized carbons (Fsp3) is 0.818. The van der Waals surface area contributed by atoms with E-state index in [-0.39, 0.29) is 6.61 Å². The lowest BCUT2D eigenvalue weighted by atomic mass is 9.98. The zero-order valence-electron chi connectivity index (χ0n) is 19.6. The number of ether oxygens (including phenoxy) is 6. The standard InChI is InChI=1S/C22H36O10/c1-6-7-8-9-10-11-12-27-22-21(31-17(5)26)20(30-16(4)25)19(29-15(3)24)18(32-22)13-28-14(2)23/h18-22H,6-13H2,1-5H3/t18-,19-,20+,21+,22-/m1/s1. The van der Waals surface area contributed by atoms with Gasteiger partial charge in [0, 0.05) is 34.3 Å². The van der Waals surface area contributed by atoms with Crippen LogP contribution in [0.15, 0.2) is 0 Å². The Hall–Kier alpha value is -2.20. The highest BCUT2D eigenvalue weighted by Gasteiger charge is 2.52. The lowest BCUT2D eigenvalue weighted by Crippen LogP contribution is -2.63. The van der Waals surface area contributed by atoms with Gasteiger partial charge >= 0.3 is 23.9 Å². The molecule has 0 saturated carbocycles. The molecule has 5 atom stereocenters. The van der Waals surface area contributed by atoms with Gasteiger partial charge in [0.1, 0.15) is 12.7 Å². The monoisotopic (exact) mass is 460 g/mol. The largest absolute Gasteiger partial charge is 0.463 e. The second-order valence-electron chi connectivity index (χ2n) is 7.71. The van der Waals surface area contributed by atoms with E-state index in [0.29, 0.717) is 6.61 Å². The number of hydrogen-bond acceptors (Lipinski definition) is 10. The van der Waals surface area contributed by atoms with Gasteiger partial charge in [0.2, 0.25) is 0 Å². The summed E-state index contributed by atoms with van der Waals surface area (Å²) in [4.78, 5) is 46.5. The number of unbranched alkanes of at least 4 members (excludes halogenated alkanes) is 5. The van der Waals surface area contributed by atoms with E-state index in [9.17, 15) is 19.2 Å². The summed E-state index contributed by atoms with van der Waals surface area (Å²) in [5.74, 6) is -2.56. The van der Waals surface area contributed by atoms with Crippen molar-refractivity contribution in [3.05, 3.63) is 0 Å². The average molecular weight is 461 g/mol. The molecule has 0 unspecified atom stereocenters. The number of carbonyl (C=O) groups excluding carboxylic acids is 4. The minimum absolute atomic E-state index is 0.269. The minimum Gasteiger partial charge on any atom is -0.463 e. The predicted molar refractivity (Wildman–Crippen MR) is 111 cm³/mol. The lowest BCUT2D eigenvalue weighted by Gasteiger charge is -2.44. The fourth-order valence-electron chi connectivity index (χ4n) is 3.40. The molecule has 1 fully saturated rings. The van der Waals surface area contributed by atoms with Crippen molar-refractivity contribution in [3.8, 4) is 0 Å². The van der Waals surface area contributed by atoms with Crippen molar-refractivity contribution in [3.63, 3.8) is 0 Å². The molecule has 184 valence electrons. The summed E-state index contributed by atoms with van der Waals surface area (Å²) in [5, 5.41) is 0. The smallest absolute Gasteiger partial charge is 0.303 e. The molecule has 1 heterocycles. The van der Waals surface area contributed by atoms with Crippen LogP contribution in [0.1, 0.15) is 73.1 Å². The van der Waals surface area contributed by atoms with Crippen LogP contribution in [-0.2, 0) is 47.6 Å². The van der Waals surface area contributed by atoms with Gasteiger partial charge in [-0.15, -0.1) is 0 Å². The van der Waals surface area contributed by atoms with Gasteiger partial charge in [0.05, 0.1) is 0 Å². The molecule has 32 heavy (non-hydrogen) atoms. The van der Waals surface area contributed by atoms with E-state index >= 15 is 0 Å². The molecule has 0 aromatic carbocycles. The Kier molecular flexibility index (Phi) is 12.9. The topological polar surface area (TPSA) is 124 Å². The second-order valence-corrected chi connectivity index (χ2v) is 7.71. The number of carbonyl (C=O) groups is 4. The van der Waals surface area contributed by atoms with Crippen LogP contribution in [-0.4, -0.2) is 67.8 Å². The van der Waals surface area contributed by atoms with Crippen LogP contribution in [0.4, 0.5) is 0 Å². The first-order valence-electron chi connectivity index (χ1n) is 11.1. The van der Waals surface area contributed by atoms with Gasteiger partial charge in [-0.25, -0.2) is 0 Å². The molecule has 1 aliphatic heterocycles. The van der Waals surface area contributed by atoms with Gasteiger partial charge in [-0.2, -0.15) is 0 Å². The van der Waals surface area contributed by atoms with E-state index in [2.05, 4.69) is 6.92 Å². The Morgan fingerprint density at radius 2 is 1.22 bits per heavy atom. The highest BCUT2D eigenvalue weighted by atomic mass is 16.7. The maximum absolute atomic E-state index is 11.8. The summed E-state index contributed by atoms with van der Waals surface area (Å²) in [6, 6.07) is 0. The maximum Gasteiger partial charge on any atom is 0.303 e. The van der Waals surface area contributed by atoms with Crippen LogP contribution in [0.5, 0.6) is 0 Å². The third kappa shape index (κ3) is 10.4. The van der Waals surface area contributed by atoms with Crippen LogP contribution >= 0.6 is 0 Å². The van der Waals surface area contributed by atoms with Gasteiger partial charge in [-0.3, -0.25) is 19.2 Å². The first kappa shape index (κ1) is 27.8. The van der Waals surface area contributed by atoms with Crippen LogP contribution in [0, 0.1) is 0 Å². The van der Waals surface area contributed by atoms with Gasteiger partial charge in [0.25, 0.3) is 0 Å². The molecule has 0 aliphatic carbocycles. The highest BCUT2D eigenvalue weighted by Crippen LogP contribution is 2.30. The zero-order valence-corrected chi connectivity index (χ0v) is 19.6. The predicted octanol–water partition coefficient (Wildman–Crippen LogP) is 2.45. The fourth-order valence-corrected chi connectivity index (χ4v) is 3.40. The van der Waals surface area contributed by atoms with E-state index in [1.165, 1.54) is 34.1 Å². The zero-order chi connectivity index (χ0) is 24.1. The molecule has 0 N–H and O–H groups in total. The van der Waals surface area contributed by atoms with Crippen molar-refractivity contribution in [2.75, 3.05) is 13.2 Å². The number of hydrogen-bond donors (Lipinski definition) is 0. The van der Waals surface area contributed by atoms with Crippen molar-refractivity contribution in [2.45, 2.75) is 104 Å². The Morgan fingerprint density at radius 1 is 0.688 bits per heavy atom. The summed E-state index contributed by atoms with van der Waals surface area (Å²) in [7, 11) is 0. The van der Waals surface area contributed by atoms with Gasteiger partial charge < -0.3 is 28.4 Å². The van der Waals surface area contributed by atoms with Crippen LogP contribution in [0.3, 0.4) is 0 Å². The third-order valence-corrected chi connectivity index (χ3v) is 4.73. The third-order valence-electron chi connectivity index (χ3n) is 4.73. The Labute approximate surface area is 189 Å². The van der Waals surface area contributed by atoms with E-state index < -0.39 is 54.6 Å². The van der Waals surface area contributed by atoms with Crippen molar-refractivity contribution in [2.24, 2.45) is 0 Å². The molecule has 0 bridgehead atoms. The highest BCUT2D eigenvalue weighted by molar-refractivity contribution is 5.68. The van der Waals surface area contributed by atoms with Crippen molar-refractivity contribution in [1.82, 2.24) is 0 Å². The summed E-state index contributed by atoms with van der Waals surface area (Å²) in [6.45, 7) is 6.97. The van der Waals surface area contributed by atoms with E-state index in [4.69, 9.17) is 28.4 Å². The molecular weight excluding hydrogens is 424 g/mol. The first-order valence-corrected chi connectivity index (χ1v) is 11.1. The quantitative estimate of drug-likeness (QED) is 0.230. The molecule has 0 aromatic heterocycles. The summed E-state index contributed by atoms with van der Waals surface area (Å²) in [5.41, 5.74) is 0. The number of rotatable bonds is 13. The van der Waals surface area contributed by atoms with Crippen molar-refractivity contribution in [1.29, 1.82) is 0 Å². The van der Waals surface area contributed by atoms with E-state index in [1.807, 2.05) is 0 Å². The maximum atomic E-state index is 11.8.